The molecule has 0 spiro atoms. The first-order valence-electron chi connectivity index (χ1n) is 7.98. The van der Waals surface area contributed by atoms with Gasteiger partial charge >= 0.3 is 28.5 Å². The van der Waals surface area contributed by atoms with Crippen LogP contribution in [0.25, 0.3) is 0 Å². The Morgan fingerprint density at radius 2 is 1.13 bits per heavy atom. The van der Waals surface area contributed by atoms with Crippen molar-refractivity contribution in [2.75, 3.05) is 13.6 Å². The van der Waals surface area contributed by atoms with Crippen LogP contribution in [0.1, 0.15) is 11.1 Å². The second kappa shape index (κ2) is 10.4. The van der Waals surface area contributed by atoms with Crippen molar-refractivity contribution in [3.05, 3.63) is 57.6 Å². The Hall–Kier alpha value is -1.14. The zero-order chi connectivity index (χ0) is 22.5. The van der Waals surface area contributed by atoms with E-state index in [0.29, 0.717) is 11.1 Å². The maximum Gasteiger partial charge on any atom is 0.702 e. The lowest BCUT2D eigenvalue weighted by Crippen LogP contribution is -2.11. The number of halogens is 2. The van der Waals surface area contributed by atoms with Gasteiger partial charge in [0.05, 0.1) is 10.0 Å². The van der Waals surface area contributed by atoms with E-state index in [1.807, 2.05) is 0 Å². The van der Waals surface area contributed by atoms with Crippen LogP contribution in [-0.2, 0) is 42.2 Å². The Labute approximate surface area is 185 Å². The molecule has 0 aliphatic carbocycles. The highest BCUT2D eigenvalue weighted by Crippen LogP contribution is 2.30. The Balaban J connectivity index is 1.87. The van der Waals surface area contributed by atoms with E-state index >= 15 is 0 Å². The average molecular weight is 518 g/mol. The van der Waals surface area contributed by atoms with E-state index < -0.39 is 42.1 Å². The third-order valence-electron chi connectivity index (χ3n) is 3.55. The van der Waals surface area contributed by atoms with Gasteiger partial charge in [-0.2, -0.15) is 16.8 Å². The first-order valence-corrected chi connectivity index (χ1v) is 12.6. The molecule has 0 fully saturated rings. The third-order valence-corrected chi connectivity index (χ3v) is 7.93. The molecule has 0 aliphatic heterocycles. The zero-order valence-corrected chi connectivity index (χ0v) is 19.6. The first-order chi connectivity index (χ1) is 14.0. The van der Waals surface area contributed by atoms with E-state index in [-0.39, 0.29) is 19.8 Å². The van der Waals surface area contributed by atoms with Crippen LogP contribution in [0.4, 0.5) is 0 Å². The number of hydrogen-bond acceptors (Lipinski definition) is 9. The second-order valence-corrected chi connectivity index (χ2v) is 10.5. The van der Waals surface area contributed by atoms with E-state index in [2.05, 4.69) is 17.4 Å². The number of hydrogen-bond donors (Lipinski definition) is 0. The summed E-state index contributed by atoms with van der Waals surface area (Å²) in [7, 11) is -11.5. The van der Waals surface area contributed by atoms with Crippen molar-refractivity contribution in [3.8, 4) is 0 Å². The molecule has 2 rings (SSSR count). The summed E-state index contributed by atoms with van der Waals surface area (Å²) in [5.41, 5.74) is 0.688. The van der Waals surface area contributed by atoms with E-state index in [1.165, 1.54) is 38.1 Å². The lowest BCUT2D eigenvalue weighted by molar-refractivity contribution is 0.0754. The van der Waals surface area contributed by atoms with Gasteiger partial charge < -0.3 is 0 Å². The van der Waals surface area contributed by atoms with Crippen LogP contribution < -0.4 is 0 Å². The molecule has 164 valence electrons. The van der Waals surface area contributed by atoms with Gasteiger partial charge in [0.1, 0.15) is 9.79 Å². The molecule has 0 aliphatic rings. The minimum atomic E-state index is -4.29. The predicted octanol–water partition coefficient (Wildman–Crippen LogP) is 4.33. The fraction of sp³-hybridized carbons (Fsp3) is 0.250. The molecule has 0 saturated carbocycles. The smallest absolute Gasteiger partial charge is 0.232 e. The Morgan fingerprint density at radius 3 is 1.47 bits per heavy atom. The summed E-state index contributed by atoms with van der Waals surface area (Å²) in [5, 5.41) is -0.103. The molecule has 2 aromatic carbocycles. The van der Waals surface area contributed by atoms with Crippen molar-refractivity contribution in [3.63, 3.8) is 0 Å². The lowest BCUT2D eigenvalue weighted by Gasteiger charge is -2.08. The molecule has 0 unspecified atom stereocenters. The highest BCUT2D eigenvalue weighted by molar-refractivity contribution is 7.87. The minimum absolute atomic E-state index is 0.0517. The molecule has 14 heteroatoms. The molecule has 0 bridgehead atoms. The topological polar surface area (TPSA) is 122 Å². The van der Waals surface area contributed by atoms with Gasteiger partial charge in [-0.3, -0.25) is 0 Å². The SMILES string of the molecule is Cc1cccc(Cl)c1S(=O)(=O)OCO[P+](=O)OCOS(=O)(=O)c1c(C)cccc1Cl. The number of aryl methyl sites for hydroxylation is 2. The first kappa shape index (κ1) is 25.1. The van der Waals surface area contributed by atoms with Crippen LogP contribution in [0.15, 0.2) is 46.2 Å². The summed E-state index contributed by atoms with van der Waals surface area (Å²) < 4.78 is 78.8. The highest BCUT2D eigenvalue weighted by Gasteiger charge is 2.28. The van der Waals surface area contributed by atoms with Crippen molar-refractivity contribution in [1.29, 1.82) is 0 Å². The predicted molar refractivity (Wildman–Crippen MR) is 108 cm³/mol. The van der Waals surface area contributed by atoms with E-state index in [4.69, 9.17) is 23.2 Å². The average Bonchev–Trinajstić information content (AvgIpc) is 2.60. The summed E-state index contributed by atoms with van der Waals surface area (Å²) in [6, 6.07) is 8.91. The van der Waals surface area contributed by atoms with E-state index in [1.54, 1.807) is 12.1 Å². The van der Waals surface area contributed by atoms with E-state index in [0.717, 1.165) is 0 Å². The Morgan fingerprint density at radius 1 is 0.767 bits per heavy atom. The summed E-state index contributed by atoms with van der Waals surface area (Å²) in [6.07, 6.45) is 0. The lowest BCUT2D eigenvalue weighted by atomic mass is 10.2. The summed E-state index contributed by atoms with van der Waals surface area (Å²) in [4.78, 5) is -0.508. The summed E-state index contributed by atoms with van der Waals surface area (Å²) >= 11 is 11.7. The molecule has 0 saturated heterocycles. The molecular formula is C16H16Cl2O9PS2+. The molecule has 9 nitrogen and oxygen atoms in total. The molecule has 0 atom stereocenters. The van der Waals surface area contributed by atoms with Gasteiger partial charge in [-0.05, 0) is 37.1 Å². The maximum atomic E-state index is 12.2. The molecule has 0 N–H and O–H groups in total. The van der Waals surface area contributed by atoms with Gasteiger partial charge in [0.25, 0.3) is 0 Å². The third kappa shape index (κ3) is 6.43. The van der Waals surface area contributed by atoms with Crippen molar-refractivity contribution in [2.24, 2.45) is 0 Å². The monoisotopic (exact) mass is 517 g/mol. The molecule has 0 heterocycles. The number of benzene rings is 2. The van der Waals surface area contributed by atoms with Crippen LogP contribution in [-0.4, -0.2) is 30.4 Å². The second-order valence-electron chi connectivity index (χ2n) is 5.63. The van der Waals surface area contributed by atoms with Crippen LogP contribution in [0, 0.1) is 13.8 Å². The van der Waals surface area contributed by atoms with E-state index in [9.17, 15) is 21.4 Å². The van der Waals surface area contributed by atoms with Crippen molar-refractivity contribution in [2.45, 2.75) is 23.6 Å². The molecule has 30 heavy (non-hydrogen) atoms. The van der Waals surface area contributed by atoms with Crippen LogP contribution >= 0.6 is 31.5 Å². The molecule has 2 aromatic rings. The quantitative estimate of drug-likeness (QED) is 0.257. The van der Waals surface area contributed by atoms with Crippen LogP contribution in [0.5, 0.6) is 0 Å². The maximum absolute atomic E-state index is 12.2. The standard InChI is InChI=1S/C16H16Cl2O9PS2/c1-11-5-3-7-13(17)15(11)29(20,21)26-9-24-28(19)25-10-27-30(22,23)16-12(2)6-4-8-14(16)18/h3-8H,9-10H2,1-2H3/q+1. The largest absolute Gasteiger partial charge is 0.702 e. The number of rotatable bonds is 10. The van der Waals surface area contributed by atoms with Crippen LogP contribution in [0.2, 0.25) is 10.0 Å². The normalized spacial score (nSPS) is 12.1. The molecular weight excluding hydrogens is 502 g/mol. The van der Waals surface area contributed by atoms with Crippen LogP contribution in [0.3, 0.4) is 0 Å². The van der Waals surface area contributed by atoms with Crippen molar-refractivity contribution in [1.82, 2.24) is 0 Å². The fourth-order valence-corrected chi connectivity index (χ4v) is 5.91. The Bertz CT molecular complexity index is 1020. The van der Waals surface area contributed by atoms with Gasteiger partial charge in [0.15, 0.2) is 0 Å². The van der Waals surface area contributed by atoms with Crippen molar-refractivity contribution >= 4 is 51.7 Å². The van der Waals surface area contributed by atoms with Gasteiger partial charge in [-0.25, -0.2) is 8.37 Å². The fourth-order valence-electron chi connectivity index (χ4n) is 2.28. The summed E-state index contributed by atoms with van der Waals surface area (Å²) in [6.45, 7) is 1.12. The molecule has 0 amide bonds. The molecule has 0 aromatic heterocycles. The zero-order valence-electron chi connectivity index (χ0n) is 15.6. The van der Waals surface area contributed by atoms with Gasteiger partial charge in [-0.1, -0.05) is 56.5 Å². The van der Waals surface area contributed by atoms with Gasteiger partial charge in [-0.15, -0.1) is 0 Å². The Kier molecular flexibility index (Phi) is 8.75. The minimum Gasteiger partial charge on any atom is -0.232 e. The van der Waals surface area contributed by atoms with Gasteiger partial charge in [0, 0.05) is 4.57 Å². The molecule has 0 radical (unpaired) electrons. The summed E-state index contributed by atoms with van der Waals surface area (Å²) in [5.74, 6) is 0. The van der Waals surface area contributed by atoms with Gasteiger partial charge in [0.2, 0.25) is 13.6 Å². The highest BCUT2D eigenvalue weighted by atomic mass is 35.5. The van der Waals surface area contributed by atoms with Crippen molar-refractivity contribution < 1.29 is 38.8 Å².